The first-order valence-electron chi connectivity index (χ1n) is 11.7. The molecule has 9 atom stereocenters. The number of hydrogen-bond donors (Lipinski definition) is 0. The van der Waals surface area contributed by atoms with Crippen LogP contribution in [0.2, 0.25) is 0 Å². The zero-order valence-electron chi connectivity index (χ0n) is 21.0. The van der Waals surface area contributed by atoms with Gasteiger partial charge in [-0.3, -0.25) is 9.59 Å². The van der Waals surface area contributed by atoms with E-state index in [-0.39, 0.29) is 0 Å². The summed E-state index contributed by atoms with van der Waals surface area (Å²) in [4.78, 5) is 50.8. The predicted octanol–water partition coefficient (Wildman–Crippen LogP) is 1.77. The minimum absolute atomic E-state index is 0.330. The number of hydrogen-bond acceptors (Lipinski definition) is 10. The molecule has 190 valence electrons. The number of methoxy groups -OCH3 is 2. The number of esters is 4. The van der Waals surface area contributed by atoms with Crippen molar-refractivity contribution in [3.8, 4) is 0 Å². The Morgan fingerprint density at radius 3 is 2.29 bits per heavy atom. The summed E-state index contributed by atoms with van der Waals surface area (Å²) in [5, 5.41) is 0. The van der Waals surface area contributed by atoms with Crippen molar-refractivity contribution in [2.45, 2.75) is 84.1 Å². The van der Waals surface area contributed by atoms with Gasteiger partial charge in [-0.25, -0.2) is 9.59 Å². The van der Waals surface area contributed by atoms with E-state index >= 15 is 0 Å². The Balaban J connectivity index is 1.95. The van der Waals surface area contributed by atoms with Crippen LogP contribution in [0.3, 0.4) is 0 Å². The molecule has 0 aromatic carbocycles. The van der Waals surface area contributed by atoms with Crippen molar-refractivity contribution in [2.75, 3.05) is 14.2 Å². The lowest BCUT2D eigenvalue weighted by Crippen LogP contribution is -2.78. The Kier molecular flexibility index (Phi) is 5.60. The molecule has 10 heteroatoms. The molecule has 4 rings (SSSR count). The molecule has 0 aromatic rings. The van der Waals surface area contributed by atoms with Crippen LogP contribution in [0.5, 0.6) is 0 Å². The van der Waals surface area contributed by atoms with Crippen LogP contribution in [0.1, 0.15) is 54.4 Å². The number of ether oxygens (including phenoxy) is 6. The van der Waals surface area contributed by atoms with E-state index in [1.807, 2.05) is 20.8 Å². The minimum Gasteiger partial charge on any atom is -0.469 e. The molecule has 1 aliphatic carbocycles. The predicted molar refractivity (Wildman–Crippen MR) is 114 cm³/mol. The summed E-state index contributed by atoms with van der Waals surface area (Å²) in [7, 11) is 2.69. The van der Waals surface area contributed by atoms with E-state index < -0.39 is 82.2 Å². The second-order valence-corrected chi connectivity index (χ2v) is 11.0. The molecule has 10 nitrogen and oxygen atoms in total. The molecule has 0 bridgehead atoms. The van der Waals surface area contributed by atoms with Gasteiger partial charge in [0.05, 0.1) is 13.0 Å². The summed E-state index contributed by atoms with van der Waals surface area (Å²) < 4.78 is 34.5. The third-order valence-corrected chi connectivity index (χ3v) is 8.43. The van der Waals surface area contributed by atoms with Gasteiger partial charge in [-0.1, -0.05) is 27.7 Å². The van der Waals surface area contributed by atoms with E-state index in [0.717, 1.165) is 0 Å². The normalized spacial score (nSPS) is 40.6. The van der Waals surface area contributed by atoms with Crippen LogP contribution in [0, 0.1) is 28.6 Å². The van der Waals surface area contributed by atoms with Gasteiger partial charge < -0.3 is 28.4 Å². The summed E-state index contributed by atoms with van der Waals surface area (Å²) in [5.41, 5.74) is -4.71. The molecule has 0 amide bonds. The van der Waals surface area contributed by atoms with Crippen molar-refractivity contribution in [1.29, 1.82) is 0 Å². The molecule has 34 heavy (non-hydrogen) atoms. The van der Waals surface area contributed by atoms with E-state index in [2.05, 4.69) is 0 Å². The van der Waals surface area contributed by atoms with Gasteiger partial charge >= 0.3 is 23.9 Å². The van der Waals surface area contributed by atoms with E-state index in [0.29, 0.717) is 12.8 Å². The van der Waals surface area contributed by atoms with E-state index in [4.69, 9.17) is 28.4 Å². The number of rotatable bonds is 6. The van der Waals surface area contributed by atoms with E-state index in [1.54, 1.807) is 13.8 Å². The molecule has 4 fully saturated rings. The Labute approximate surface area is 198 Å². The highest BCUT2D eigenvalue weighted by molar-refractivity contribution is 5.94. The Hall–Kier alpha value is -2.20. The van der Waals surface area contributed by atoms with Crippen LogP contribution in [0.4, 0.5) is 0 Å². The summed E-state index contributed by atoms with van der Waals surface area (Å²) in [6, 6.07) is 0. The molecule has 3 saturated heterocycles. The fourth-order valence-electron chi connectivity index (χ4n) is 7.75. The second kappa shape index (κ2) is 7.65. The van der Waals surface area contributed by atoms with Crippen LogP contribution in [0.15, 0.2) is 0 Å². The first kappa shape index (κ1) is 24.9. The molecule has 0 aromatic heterocycles. The lowest BCUT2D eigenvalue weighted by Gasteiger charge is -2.59. The summed E-state index contributed by atoms with van der Waals surface area (Å²) in [6.45, 7) is 10.6. The topological polar surface area (TPSA) is 124 Å². The van der Waals surface area contributed by atoms with Crippen LogP contribution < -0.4 is 0 Å². The number of carbonyl (C=O) groups excluding carboxylic acids is 4. The molecule has 0 N–H and O–H groups in total. The molecular weight excluding hydrogens is 448 g/mol. The first-order valence-corrected chi connectivity index (χ1v) is 11.7. The zero-order valence-corrected chi connectivity index (χ0v) is 21.0. The van der Waals surface area contributed by atoms with Crippen molar-refractivity contribution < 1.29 is 47.6 Å². The maximum absolute atomic E-state index is 13.2. The van der Waals surface area contributed by atoms with Gasteiger partial charge in [0.15, 0.2) is 11.7 Å². The van der Waals surface area contributed by atoms with Crippen LogP contribution in [0.25, 0.3) is 0 Å². The quantitative estimate of drug-likeness (QED) is 0.409. The van der Waals surface area contributed by atoms with Gasteiger partial charge in [0.2, 0.25) is 11.9 Å². The Morgan fingerprint density at radius 1 is 1.15 bits per heavy atom. The fourth-order valence-corrected chi connectivity index (χ4v) is 7.75. The molecular formula is C24H34O10. The highest BCUT2D eigenvalue weighted by Crippen LogP contribution is 2.77. The van der Waals surface area contributed by atoms with Gasteiger partial charge in [0, 0.05) is 25.9 Å². The Morgan fingerprint density at radius 2 is 1.79 bits per heavy atom. The third-order valence-electron chi connectivity index (χ3n) is 8.43. The van der Waals surface area contributed by atoms with Gasteiger partial charge in [-0.2, -0.15) is 0 Å². The van der Waals surface area contributed by atoms with Crippen LogP contribution >= 0.6 is 0 Å². The maximum Gasteiger partial charge on any atom is 0.343 e. The lowest BCUT2D eigenvalue weighted by molar-refractivity contribution is -0.287. The van der Waals surface area contributed by atoms with Gasteiger partial charge in [-0.15, -0.1) is 0 Å². The second-order valence-electron chi connectivity index (χ2n) is 11.0. The molecule has 4 aliphatic rings. The third kappa shape index (κ3) is 2.69. The SMILES string of the molecule is COC(=O)C(C)[C@H]1CCC23OC(=O)C12OC1OC(=O)[C@H](OC)C13[C@@H]([C@H](C)OC(C)=O)C(C)(C)C. The smallest absolute Gasteiger partial charge is 0.343 e. The molecule has 3 aliphatic heterocycles. The van der Waals surface area contributed by atoms with Crippen LogP contribution in [-0.4, -0.2) is 67.8 Å². The number of carbonyl (C=O) groups is 4. The first-order chi connectivity index (χ1) is 15.8. The van der Waals surface area contributed by atoms with Crippen molar-refractivity contribution >= 4 is 23.9 Å². The lowest BCUT2D eigenvalue weighted by atomic mass is 9.49. The number of fused-ring (bicyclic) bond motifs is 1. The zero-order chi connectivity index (χ0) is 25.4. The fraction of sp³-hybridized carbons (Fsp3) is 0.833. The van der Waals surface area contributed by atoms with Crippen molar-refractivity contribution in [2.24, 2.45) is 28.6 Å². The van der Waals surface area contributed by atoms with Crippen molar-refractivity contribution in [1.82, 2.24) is 0 Å². The van der Waals surface area contributed by atoms with Crippen molar-refractivity contribution in [3.63, 3.8) is 0 Å². The molecule has 0 spiro atoms. The highest BCUT2D eigenvalue weighted by Gasteiger charge is 2.96. The van der Waals surface area contributed by atoms with E-state index in [9.17, 15) is 19.2 Å². The average molecular weight is 483 g/mol. The van der Waals surface area contributed by atoms with Gasteiger partial charge in [-0.05, 0) is 25.2 Å². The molecule has 5 unspecified atom stereocenters. The van der Waals surface area contributed by atoms with E-state index in [1.165, 1.54) is 21.1 Å². The summed E-state index contributed by atoms with van der Waals surface area (Å²) in [6.07, 6.45) is -2.26. The monoisotopic (exact) mass is 482 g/mol. The standard InChI is InChI=1S/C24H34O10/c1-11(17(26)30-8)14-9-10-22-23(15(21(4,5)6)12(2)31-13(3)25)16(29-7)18(27)32-20(23)34-24(14,22)19(28)33-22/h11-12,14-16,20H,9-10H2,1-8H3/t11?,12-,14+,15-,16-,20?,22?,23?,24?/m0/s1. The highest BCUT2D eigenvalue weighted by atomic mass is 16.8. The van der Waals surface area contributed by atoms with Gasteiger partial charge in [0.25, 0.3) is 0 Å². The largest absolute Gasteiger partial charge is 0.469 e. The van der Waals surface area contributed by atoms with Gasteiger partial charge in [0.1, 0.15) is 11.5 Å². The average Bonchev–Trinajstić information content (AvgIpc) is 3.20. The molecule has 1 saturated carbocycles. The molecule has 3 heterocycles. The van der Waals surface area contributed by atoms with Crippen LogP contribution in [-0.2, 0) is 47.6 Å². The maximum atomic E-state index is 13.2. The van der Waals surface area contributed by atoms with Crippen molar-refractivity contribution in [3.05, 3.63) is 0 Å². The minimum atomic E-state index is -1.51. The Bertz CT molecular complexity index is 923. The summed E-state index contributed by atoms with van der Waals surface area (Å²) >= 11 is 0. The molecule has 0 radical (unpaired) electrons. The summed E-state index contributed by atoms with van der Waals surface area (Å²) in [5.74, 6) is -3.97.